The number of carbonyl (C=O) groups is 3. The minimum Gasteiger partial charge on any atom is -0.461 e. The molecule has 0 amide bonds. The SMILES string of the molecule is CC(=O)OCC1=C(N2CN2)C(=O)C(C)=CC1=O. The van der Waals surface area contributed by atoms with E-state index in [-0.39, 0.29) is 29.4 Å². The number of hydrazine groups is 1. The molecule has 0 unspecified atom stereocenters. The van der Waals surface area contributed by atoms with E-state index < -0.39 is 5.97 Å². The Labute approximate surface area is 97.9 Å². The number of nitrogens with one attached hydrogen (secondary N) is 1. The van der Waals surface area contributed by atoms with Crippen LogP contribution in [0.1, 0.15) is 13.8 Å². The van der Waals surface area contributed by atoms with Gasteiger partial charge in [0.05, 0.1) is 5.57 Å². The van der Waals surface area contributed by atoms with E-state index in [2.05, 4.69) is 5.43 Å². The van der Waals surface area contributed by atoms with Gasteiger partial charge in [-0.05, 0) is 13.0 Å². The van der Waals surface area contributed by atoms with Crippen molar-refractivity contribution in [2.75, 3.05) is 13.3 Å². The Bertz CT molecular complexity index is 472. The molecule has 1 aliphatic heterocycles. The molecule has 1 saturated heterocycles. The number of esters is 1. The van der Waals surface area contributed by atoms with Gasteiger partial charge in [0.2, 0.25) is 5.78 Å². The second-order valence-electron chi connectivity index (χ2n) is 3.87. The number of allylic oxidation sites excluding steroid dienone is 2. The van der Waals surface area contributed by atoms with Crippen LogP contribution in [0.25, 0.3) is 0 Å². The third-order valence-corrected chi connectivity index (χ3v) is 2.51. The van der Waals surface area contributed by atoms with Gasteiger partial charge in [0.15, 0.2) is 5.78 Å². The summed E-state index contributed by atoms with van der Waals surface area (Å²) in [5.74, 6) is -0.981. The van der Waals surface area contributed by atoms with Gasteiger partial charge in [-0.25, -0.2) is 5.43 Å². The zero-order chi connectivity index (χ0) is 12.6. The molecule has 90 valence electrons. The third kappa shape index (κ3) is 2.26. The maximum absolute atomic E-state index is 11.9. The Kier molecular flexibility index (Phi) is 2.81. The zero-order valence-electron chi connectivity index (χ0n) is 9.57. The molecule has 0 aromatic rings. The summed E-state index contributed by atoms with van der Waals surface area (Å²) in [7, 11) is 0. The van der Waals surface area contributed by atoms with Gasteiger partial charge in [-0.2, -0.15) is 0 Å². The summed E-state index contributed by atoms with van der Waals surface area (Å²) in [4.78, 5) is 34.4. The highest BCUT2D eigenvalue weighted by atomic mass is 16.5. The smallest absolute Gasteiger partial charge is 0.302 e. The predicted molar refractivity (Wildman–Crippen MR) is 57.3 cm³/mol. The van der Waals surface area contributed by atoms with Crippen molar-refractivity contribution in [2.24, 2.45) is 0 Å². The second kappa shape index (κ2) is 4.14. The van der Waals surface area contributed by atoms with E-state index in [4.69, 9.17) is 4.74 Å². The molecule has 0 bridgehead atoms. The number of Topliss-reactive ketones (excluding diaryl/α,β-unsaturated/α-hetero) is 1. The molecule has 6 nitrogen and oxygen atoms in total. The molecule has 2 aliphatic rings. The number of hydrogen-bond acceptors (Lipinski definition) is 6. The van der Waals surface area contributed by atoms with E-state index in [9.17, 15) is 14.4 Å². The van der Waals surface area contributed by atoms with Gasteiger partial charge < -0.3 is 4.74 Å². The highest BCUT2D eigenvalue weighted by Crippen LogP contribution is 2.24. The van der Waals surface area contributed by atoms with Gasteiger partial charge >= 0.3 is 5.97 Å². The lowest BCUT2D eigenvalue weighted by atomic mass is 9.95. The van der Waals surface area contributed by atoms with Crippen LogP contribution >= 0.6 is 0 Å². The van der Waals surface area contributed by atoms with Gasteiger partial charge in [0, 0.05) is 12.5 Å². The average molecular weight is 236 g/mol. The second-order valence-corrected chi connectivity index (χ2v) is 3.87. The van der Waals surface area contributed by atoms with Crippen molar-refractivity contribution in [3.63, 3.8) is 0 Å². The first-order chi connectivity index (χ1) is 8.00. The molecular formula is C11H12N2O4. The molecule has 1 heterocycles. The van der Waals surface area contributed by atoms with Crippen LogP contribution in [0.5, 0.6) is 0 Å². The Hall–Kier alpha value is -1.95. The monoisotopic (exact) mass is 236 g/mol. The first kappa shape index (κ1) is 11.5. The standard InChI is InChI=1S/C11H12N2O4/c1-6-3-9(15)8(4-17-7(2)14)10(11(6)16)13-5-12-13/h3,12H,4-5H2,1-2H3. The van der Waals surface area contributed by atoms with E-state index in [1.165, 1.54) is 13.0 Å². The Morgan fingerprint density at radius 1 is 1.53 bits per heavy atom. The van der Waals surface area contributed by atoms with Crippen molar-refractivity contribution in [3.05, 3.63) is 22.9 Å². The summed E-state index contributed by atoms with van der Waals surface area (Å²) in [6, 6.07) is 0. The number of carbonyl (C=O) groups excluding carboxylic acids is 3. The molecule has 0 atom stereocenters. The van der Waals surface area contributed by atoms with Crippen molar-refractivity contribution in [3.8, 4) is 0 Å². The van der Waals surface area contributed by atoms with Crippen LogP contribution < -0.4 is 5.43 Å². The maximum atomic E-state index is 11.9. The number of ketones is 2. The molecule has 0 spiro atoms. The van der Waals surface area contributed by atoms with E-state index >= 15 is 0 Å². The summed E-state index contributed by atoms with van der Waals surface area (Å²) in [6.45, 7) is 3.20. The van der Waals surface area contributed by atoms with Crippen molar-refractivity contribution < 1.29 is 19.1 Å². The van der Waals surface area contributed by atoms with Gasteiger partial charge in [-0.3, -0.25) is 19.4 Å². The van der Waals surface area contributed by atoms with Crippen LogP contribution in [-0.4, -0.2) is 35.8 Å². The van der Waals surface area contributed by atoms with Crippen molar-refractivity contribution in [1.82, 2.24) is 10.4 Å². The topological polar surface area (TPSA) is 85.4 Å². The first-order valence-electron chi connectivity index (χ1n) is 5.15. The Morgan fingerprint density at radius 2 is 2.18 bits per heavy atom. The molecule has 0 aromatic carbocycles. The molecule has 1 fully saturated rings. The summed E-state index contributed by atoms with van der Waals surface area (Å²) in [5, 5.41) is 1.57. The zero-order valence-corrected chi connectivity index (χ0v) is 9.57. The van der Waals surface area contributed by atoms with Crippen LogP contribution in [-0.2, 0) is 19.1 Å². The predicted octanol–water partition coefficient (Wildman–Crippen LogP) is -0.321. The van der Waals surface area contributed by atoms with Crippen LogP contribution in [0.15, 0.2) is 22.9 Å². The van der Waals surface area contributed by atoms with Crippen LogP contribution in [0, 0.1) is 0 Å². The Morgan fingerprint density at radius 3 is 2.71 bits per heavy atom. The molecular weight excluding hydrogens is 224 g/mol. The molecule has 0 saturated carbocycles. The van der Waals surface area contributed by atoms with E-state index in [0.29, 0.717) is 12.2 Å². The summed E-state index contributed by atoms with van der Waals surface area (Å²) >= 11 is 0. The summed E-state index contributed by atoms with van der Waals surface area (Å²) in [6.07, 6.45) is 1.27. The quantitative estimate of drug-likeness (QED) is 0.410. The van der Waals surface area contributed by atoms with Crippen molar-refractivity contribution in [2.45, 2.75) is 13.8 Å². The summed E-state index contributed by atoms with van der Waals surface area (Å²) in [5.41, 5.74) is 3.73. The van der Waals surface area contributed by atoms with Gasteiger partial charge in [-0.1, -0.05) is 0 Å². The van der Waals surface area contributed by atoms with Gasteiger partial charge in [0.1, 0.15) is 19.0 Å². The van der Waals surface area contributed by atoms with E-state index in [1.54, 1.807) is 11.9 Å². The lowest BCUT2D eigenvalue weighted by Crippen LogP contribution is -2.26. The number of ether oxygens (including phenoxy) is 1. The van der Waals surface area contributed by atoms with Crippen LogP contribution in [0.3, 0.4) is 0 Å². The fraction of sp³-hybridized carbons (Fsp3) is 0.364. The fourth-order valence-electron chi connectivity index (χ4n) is 1.58. The lowest BCUT2D eigenvalue weighted by molar-refractivity contribution is -0.140. The molecule has 0 radical (unpaired) electrons. The van der Waals surface area contributed by atoms with Crippen molar-refractivity contribution in [1.29, 1.82) is 0 Å². The largest absolute Gasteiger partial charge is 0.461 e. The third-order valence-electron chi connectivity index (χ3n) is 2.51. The Balaban J connectivity index is 2.30. The van der Waals surface area contributed by atoms with E-state index in [0.717, 1.165) is 0 Å². The maximum Gasteiger partial charge on any atom is 0.302 e. The molecule has 0 aromatic heterocycles. The molecule has 2 rings (SSSR count). The van der Waals surface area contributed by atoms with Crippen LogP contribution in [0.2, 0.25) is 0 Å². The molecule has 1 N–H and O–H groups in total. The first-order valence-corrected chi connectivity index (χ1v) is 5.15. The highest BCUT2D eigenvalue weighted by Gasteiger charge is 2.35. The number of rotatable bonds is 3. The molecule has 17 heavy (non-hydrogen) atoms. The number of hydrogen-bond donors (Lipinski definition) is 1. The van der Waals surface area contributed by atoms with Crippen molar-refractivity contribution >= 4 is 17.5 Å². The molecule has 6 heteroatoms. The van der Waals surface area contributed by atoms with Gasteiger partial charge in [0.25, 0.3) is 0 Å². The normalized spacial score (nSPS) is 19.4. The average Bonchev–Trinajstić information content (AvgIpc) is 3.04. The number of nitrogens with zero attached hydrogens (tertiary/aromatic N) is 1. The summed E-state index contributed by atoms with van der Waals surface area (Å²) < 4.78 is 4.79. The molecule has 1 aliphatic carbocycles. The van der Waals surface area contributed by atoms with E-state index in [1.807, 2.05) is 0 Å². The van der Waals surface area contributed by atoms with Gasteiger partial charge in [-0.15, -0.1) is 0 Å². The minimum absolute atomic E-state index is 0.169. The fourth-order valence-corrected chi connectivity index (χ4v) is 1.58. The minimum atomic E-state index is -0.484. The lowest BCUT2D eigenvalue weighted by Gasteiger charge is -2.17. The van der Waals surface area contributed by atoms with Crippen LogP contribution in [0.4, 0.5) is 0 Å². The highest BCUT2D eigenvalue weighted by molar-refractivity contribution is 6.22.